The standard InChI is InChI=1S/C17H14ClIN2O/c1-12(9-13-5-3-2-4-6-13)11-20-21-17(22)15-10-14(19)7-8-16(15)18/h2-11H,1H3,(H,21,22)/b12-9+,20-11+. The quantitative estimate of drug-likeness (QED) is 0.429. The lowest BCUT2D eigenvalue weighted by Crippen LogP contribution is -2.18. The third-order valence-corrected chi connectivity index (χ3v) is 3.80. The highest BCUT2D eigenvalue weighted by Gasteiger charge is 2.09. The van der Waals surface area contributed by atoms with E-state index in [9.17, 15) is 4.79 Å². The van der Waals surface area contributed by atoms with Gasteiger partial charge in [-0.1, -0.05) is 48.0 Å². The maximum Gasteiger partial charge on any atom is 0.272 e. The first-order valence-corrected chi connectivity index (χ1v) is 8.04. The minimum absolute atomic E-state index is 0.327. The van der Waals surface area contributed by atoms with E-state index in [0.717, 1.165) is 14.7 Å². The summed E-state index contributed by atoms with van der Waals surface area (Å²) < 4.78 is 0.941. The molecule has 5 heteroatoms. The second-order valence-corrected chi connectivity index (χ2v) is 6.28. The Morgan fingerprint density at radius 3 is 2.68 bits per heavy atom. The molecule has 1 N–H and O–H groups in total. The molecule has 0 aromatic heterocycles. The van der Waals surface area contributed by atoms with Gasteiger partial charge < -0.3 is 0 Å². The number of allylic oxidation sites excluding steroid dienone is 1. The number of rotatable bonds is 4. The molecule has 0 aliphatic heterocycles. The van der Waals surface area contributed by atoms with Gasteiger partial charge in [0.25, 0.3) is 5.91 Å². The van der Waals surface area contributed by atoms with Gasteiger partial charge >= 0.3 is 0 Å². The molecule has 0 unspecified atom stereocenters. The molecule has 2 rings (SSSR count). The second-order valence-electron chi connectivity index (χ2n) is 4.62. The monoisotopic (exact) mass is 424 g/mol. The average Bonchev–Trinajstić information content (AvgIpc) is 2.50. The van der Waals surface area contributed by atoms with Crippen molar-refractivity contribution in [2.45, 2.75) is 6.92 Å². The Morgan fingerprint density at radius 1 is 1.23 bits per heavy atom. The molecule has 0 saturated carbocycles. The molecule has 0 aliphatic carbocycles. The van der Waals surface area contributed by atoms with Crippen molar-refractivity contribution in [3.63, 3.8) is 0 Å². The van der Waals surface area contributed by atoms with E-state index in [-0.39, 0.29) is 5.91 Å². The number of halogens is 2. The number of hydrazone groups is 1. The van der Waals surface area contributed by atoms with Crippen LogP contribution in [0.2, 0.25) is 5.02 Å². The fraction of sp³-hybridized carbons (Fsp3) is 0.0588. The van der Waals surface area contributed by atoms with Gasteiger partial charge in [0, 0.05) is 3.57 Å². The van der Waals surface area contributed by atoms with Gasteiger partial charge in [-0.05, 0) is 58.9 Å². The van der Waals surface area contributed by atoms with Gasteiger partial charge in [0.1, 0.15) is 0 Å². The predicted molar refractivity (Wildman–Crippen MR) is 100 cm³/mol. The van der Waals surface area contributed by atoms with Crippen molar-refractivity contribution in [3.05, 3.63) is 73.8 Å². The summed E-state index contributed by atoms with van der Waals surface area (Å²) in [5, 5.41) is 4.37. The predicted octanol–water partition coefficient (Wildman–Crippen LogP) is 4.76. The van der Waals surface area contributed by atoms with Crippen LogP contribution in [0.25, 0.3) is 6.08 Å². The first-order valence-electron chi connectivity index (χ1n) is 6.58. The third kappa shape index (κ3) is 4.96. The summed E-state index contributed by atoms with van der Waals surface area (Å²) in [6.07, 6.45) is 3.58. The molecule has 0 radical (unpaired) electrons. The topological polar surface area (TPSA) is 41.5 Å². The lowest BCUT2D eigenvalue weighted by molar-refractivity contribution is 0.0955. The van der Waals surface area contributed by atoms with Crippen molar-refractivity contribution in [2.75, 3.05) is 0 Å². The highest BCUT2D eigenvalue weighted by atomic mass is 127. The summed E-state index contributed by atoms with van der Waals surface area (Å²) in [6, 6.07) is 15.2. The summed E-state index contributed by atoms with van der Waals surface area (Å²) in [5.74, 6) is -0.327. The molecule has 0 aliphatic rings. The Morgan fingerprint density at radius 2 is 1.95 bits per heavy atom. The summed E-state index contributed by atoms with van der Waals surface area (Å²) in [4.78, 5) is 12.0. The molecule has 0 bridgehead atoms. The minimum atomic E-state index is -0.327. The average molecular weight is 425 g/mol. The van der Waals surface area contributed by atoms with Crippen molar-refractivity contribution in [2.24, 2.45) is 5.10 Å². The number of hydrogen-bond donors (Lipinski definition) is 1. The second kappa shape index (κ2) is 8.10. The third-order valence-electron chi connectivity index (χ3n) is 2.80. The molecule has 0 atom stereocenters. The SMILES string of the molecule is CC(/C=N/NC(=O)c1cc(I)ccc1Cl)=C\c1ccccc1. The van der Waals surface area contributed by atoms with Crippen molar-refractivity contribution >= 4 is 52.4 Å². The molecule has 112 valence electrons. The molecule has 2 aromatic carbocycles. The lowest BCUT2D eigenvalue weighted by Gasteiger charge is -2.03. The van der Waals surface area contributed by atoms with Crippen LogP contribution in [-0.2, 0) is 0 Å². The maximum atomic E-state index is 12.0. The maximum absolute atomic E-state index is 12.0. The molecule has 0 saturated heterocycles. The van der Waals surface area contributed by atoms with Gasteiger partial charge in [-0.25, -0.2) is 5.43 Å². The van der Waals surface area contributed by atoms with Crippen LogP contribution in [0.5, 0.6) is 0 Å². The van der Waals surface area contributed by atoms with E-state index in [1.807, 2.05) is 49.4 Å². The Balaban J connectivity index is 2.01. The highest BCUT2D eigenvalue weighted by Crippen LogP contribution is 2.18. The fourth-order valence-corrected chi connectivity index (χ4v) is 2.47. The van der Waals surface area contributed by atoms with E-state index in [1.54, 1.807) is 18.3 Å². The van der Waals surface area contributed by atoms with E-state index in [1.165, 1.54) is 0 Å². The Labute approximate surface area is 148 Å². The van der Waals surface area contributed by atoms with E-state index < -0.39 is 0 Å². The van der Waals surface area contributed by atoms with Crippen LogP contribution in [0.3, 0.4) is 0 Å². The molecule has 0 fully saturated rings. The highest BCUT2D eigenvalue weighted by molar-refractivity contribution is 14.1. The normalized spacial score (nSPS) is 11.7. The van der Waals surface area contributed by atoms with Crippen molar-refractivity contribution in [3.8, 4) is 0 Å². The number of carbonyl (C=O) groups is 1. The largest absolute Gasteiger partial charge is 0.272 e. The van der Waals surface area contributed by atoms with Crippen LogP contribution in [0.15, 0.2) is 59.2 Å². The number of amides is 1. The molecule has 22 heavy (non-hydrogen) atoms. The number of nitrogens with one attached hydrogen (secondary N) is 1. The molecular weight excluding hydrogens is 411 g/mol. The van der Waals surface area contributed by atoms with Crippen LogP contribution in [0, 0.1) is 3.57 Å². The summed E-state index contributed by atoms with van der Waals surface area (Å²) in [6.45, 7) is 1.92. The summed E-state index contributed by atoms with van der Waals surface area (Å²) >= 11 is 8.14. The summed E-state index contributed by atoms with van der Waals surface area (Å²) in [7, 11) is 0. The zero-order valence-electron chi connectivity index (χ0n) is 11.9. The van der Waals surface area contributed by atoms with Gasteiger partial charge in [0.05, 0.1) is 16.8 Å². The first kappa shape index (κ1) is 16.7. The van der Waals surface area contributed by atoms with Crippen molar-refractivity contribution < 1.29 is 4.79 Å². The van der Waals surface area contributed by atoms with Crippen molar-refractivity contribution in [1.82, 2.24) is 5.43 Å². The first-order chi connectivity index (χ1) is 10.6. The van der Waals surface area contributed by atoms with Gasteiger partial charge in [-0.2, -0.15) is 5.10 Å². The van der Waals surface area contributed by atoms with Crippen LogP contribution in [0.1, 0.15) is 22.8 Å². The zero-order valence-corrected chi connectivity index (χ0v) is 14.8. The van der Waals surface area contributed by atoms with Crippen LogP contribution < -0.4 is 5.43 Å². The van der Waals surface area contributed by atoms with E-state index >= 15 is 0 Å². The fourth-order valence-electron chi connectivity index (χ4n) is 1.77. The van der Waals surface area contributed by atoms with E-state index in [0.29, 0.717) is 10.6 Å². The van der Waals surface area contributed by atoms with Crippen LogP contribution in [-0.4, -0.2) is 12.1 Å². The van der Waals surface area contributed by atoms with Crippen LogP contribution in [0.4, 0.5) is 0 Å². The molecule has 0 heterocycles. The molecule has 3 nitrogen and oxygen atoms in total. The van der Waals surface area contributed by atoms with Gasteiger partial charge in [-0.3, -0.25) is 4.79 Å². The molecule has 1 amide bonds. The zero-order chi connectivity index (χ0) is 15.9. The van der Waals surface area contributed by atoms with E-state index in [2.05, 4.69) is 33.1 Å². The minimum Gasteiger partial charge on any atom is -0.267 e. The number of hydrogen-bond acceptors (Lipinski definition) is 2. The van der Waals surface area contributed by atoms with E-state index in [4.69, 9.17) is 11.6 Å². The molecular formula is C17H14ClIN2O. The Bertz CT molecular complexity index is 727. The van der Waals surface area contributed by atoms with Gasteiger partial charge in [0.15, 0.2) is 0 Å². The smallest absolute Gasteiger partial charge is 0.267 e. The Kier molecular flexibility index (Phi) is 6.15. The Hall–Kier alpha value is -1.66. The number of carbonyl (C=O) groups excluding carboxylic acids is 1. The molecule has 2 aromatic rings. The van der Waals surface area contributed by atoms with Gasteiger partial charge in [0.2, 0.25) is 0 Å². The summed E-state index contributed by atoms with van der Waals surface area (Å²) in [5.41, 5.74) is 4.91. The molecule has 0 spiro atoms. The lowest BCUT2D eigenvalue weighted by atomic mass is 10.1. The van der Waals surface area contributed by atoms with Crippen LogP contribution >= 0.6 is 34.2 Å². The van der Waals surface area contributed by atoms with Gasteiger partial charge in [-0.15, -0.1) is 0 Å². The van der Waals surface area contributed by atoms with Crippen molar-refractivity contribution in [1.29, 1.82) is 0 Å². The number of nitrogens with zero attached hydrogens (tertiary/aromatic N) is 1. The number of benzene rings is 2.